The molecule has 0 aliphatic heterocycles. The fourth-order valence-corrected chi connectivity index (χ4v) is 1.57. The number of carbonyl (C=O) groups excluding carboxylic acids is 1. The molecule has 1 amide bonds. The van der Waals surface area contributed by atoms with Crippen molar-refractivity contribution in [1.29, 1.82) is 0 Å². The Labute approximate surface area is 109 Å². The average Bonchev–Trinajstić information content (AvgIpc) is 2.36. The van der Waals surface area contributed by atoms with Crippen LogP contribution in [0.3, 0.4) is 0 Å². The van der Waals surface area contributed by atoms with Crippen LogP contribution in [-0.4, -0.2) is 47.1 Å². The van der Waals surface area contributed by atoms with Crippen LogP contribution in [0, 0.1) is 0 Å². The van der Waals surface area contributed by atoms with Gasteiger partial charge in [-0.3, -0.25) is 4.79 Å². The summed E-state index contributed by atoms with van der Waals surface area (Å²) in [5.41, 5.74) is 4.60. The highest BCUT2D eigenvalue weighted by Crippen LogP contribution is 2.19. The number of nitrogens with two attached hydrogens (primary N) is 1. The van der Waals surface area contributed by atoms with Crippen LogP contribution in [0.15, 0.2) is 5.16 Å². The van der Waals surface area contributed by atoms with Gasteiger partial charge in [0, 0.05) is 26.1 Å². The highest BCUT2D eigenvalue weighted by molar-refractivity contribution is 5.86. The van der Waals surface area contributed by atoms with Crippen molar-refractivity contribution in [3.8, 4) is 0 Å². The smallest absolute Gasteiger partial charge is 0.254 e. The molecule has 0 aromatic heterocycles. The summed E-state index contributed by atoms with van der Waals surface area (Å²) >= 11 is 0. The van der Waals surface area contributed by atoms with Crippen LogP contribution in [0.2, 0.25) is 0 Å². The third kappa shape index (κ3) is 4.18. The first-order chi connectivity index (χ1) is 8.32. The van der Waals surface area contributed by atoms with E-state index in [4.69, 9.17) is 15.7 Å². The minimum absolute atomic E-state index is 0.0324. The number of hydrogen-bond donors (Lipinski definition) is 2. The van der Waals surface area contributed by atoms with Crippen molar-refractivity contribution < 1.29 is 14.7 Å². The van der Waals surface area contributed by atoms with Crippen LogP contribution in [0.25, 0.3) is 0 Å². The first-order valence-electron chi connectivity index (χ1n) is 6.15. The molecule has 0 saturated heterocycles. The van der Waals surface area contributed by atoms with Crippen molar-refractivity contribution in [3.05, 3.63) is 0 Å². The van der Waals surface area contributed by atoms with Crippen LogP contribution >= 0.6 is 0 Å². The fourth-order valence-electron chi connectivity index (χ4n) is 1.57. The SMILES string of the molecule is CCC(C)(OC)C(=O)N(CCC(N)=NO)C(C)C. The van der Waals surface area contributed by atoms with Gasteiger partial charge in [-0.25, -0.2) is 0 Å². The molecule has 6 nitrogen and oxygen atoms in total. The normalized spacial score (nSPS) is 15.6. The van der Waals surface area contributed by atoms with E-state index in [9.17, 15) is 4.79 Å². The third-order valence-electron chi connectivity index (χ3n) is 3.20. The van der Waals surface area contributed by atoms with Gasteiger partial charge < -0.3 is 20.6 Å². The summed E-state index contributed by atoms with van der Waals surface area (Å²) in [5, 5.41) is 11.4. The summed E-state index contributed by atoms with van der Waals surface area (Å²) in [6.45, 7) is 7.94. The maximum Gasteiger partial charge on any atom is 0.254 e. The Kier molecular flexibility index (Phi) is 6.68. The number of amidine groups is 1. The van der Waals surface area contributed by atoms with Crippen molar-refractivity contribution in [3.63, 3.8) is 0 Å². The summed E-state index contributed by atoms with van der Waals surface area (Å²) in [4.78, 5) is 14.1. The Morgan fingerprint density at radius 1 is 1.56 bits per heavy atom. The van der Waals surface area contributed by atoms with Gasteiger partial charge in [-0.15, -0.1) is 0 Å². The summed E-state index contributed by atoms with van der Waals surface area (Å²) in [6, 6.07) is 0.0324. The third-order valence-corrected chi connectivity index (χ3v) is 3.20. The maximum atomic E-state index is 12.4. The van der Waals surface area contributed by atoms with Gasteiger partial charge in [-0.2, -0.15) is 0 Å². The second-order valence-electron chi connectivity index (χ2n) is 4.72. The molecule has 6 heteroatoms. The molecule has 0 aliphatic carbocycles. The Hall–Kier alpha value is -1.30. The average molecular weight is 259 g/mol. The molecule has 0 rings (SSSR count). The number of ether oxygens (including phenoxy) is 1. The van der Waals surface area contributed by atoms with Gasteiger partial charge in [0.25, 0.3) is 5.91 Å². The lowest BCUT2D eigenvalue weighted by Gasteiger charge is -2.35. The topological polar surface area (TPSA) is 88.2 Å². The minimum Gasteiger partial charge on any atom is -0.409 e. The molecule has 0 fully saturated rings. The summed E-state index contributed by atoms with van der Waals surface area (Å²) in [5.74, 6) is 0.0392. The zero-order chi connectivity index (χ0) is 14.3. The van der Waals surface area contributed by atoms with Crippen LogP contribution in [0.4, 0.5) is 0 Å². The quantitative estimate of drug-likeness (QED) is 0.311. The maximum absolute atomic E-state index is 12.4. The van der Waals surface area contributed by atoms with Gasteiger partial charge in [0.05, 0.1) is 0 Å². The minimum atomic E-state index is -0.824. The zero-order valence-electron chi connectivity index (χ0n) is 11.9. The zero-order valence-corrected chi connectivity index (χ0v) is 11.9. The van der Waals surface area contributed by atoms with E-state index in [0.717, 1.165) is 0 Å². The standard InChI is InChI=1S/C12H25N3O3/c1-6-12(4,18-5)11(16)15(9(2)3)8-7-10(13)14-17/h9,17H,6-8H2,1-5H3,(H2,13,14). The molecular weight excluding hydrogens is 234 g/mol. The number of hydrogen-bond acceptors (Lipinski definition) is 4. The molecular formula is C12H25N3O3. The van der Waals surface area contributed by atoms with Crippen LogP contribution in [0.1, 0.15) is 40.5 Å². The van der Waals surface area contributed by atoms with E-state index < -0.39 is 5.60 Å². The van der Waals surface area contributed by atoms with Crippen molar-refractivity contribution in [2.24, 2.45) is 10.9 Å². The molecule has 0 aromatic rings. The van der Waals surface area contributed by atoms with Crippen molar-refractivity contribution in [2.75, 3.05) is 13.7 Å². The summed E-state index contributed by atoms with van der Waals surface area (Å²) < 4.78 is 5.31. The number of amides is 1. The number of oxime groups is 1. The molecule has 1 atom stereocenters. The predicted molar refractivity (Wildman–Crippen MR) is 70.6 cm³/mol. The van der Waals surface area contributed by atoms with Gasteiger partial charge in [0.2, 0.25) is 0 Å². The number of nitrogens with zero attached hydrogens (tertiary/aromatic N) is 2. The second kappa shape index (κ2) is 7.20. The molecule has 0 aromatic carbocycles. The molecule has 1 unspecified atom stereocenters. The molecule has 106 valence electrons. The molecule has 0 heterocycles. The van der Waals surface area contributed by atoms with Gasteiger partial charge in [0.1, 0.15) is 11.4 Å². The lowest BCUT2D eigenvalue weighted by molar-refractivity contribution is -0.155. The lowest BCUT2D eigenvalue weighted by Crippen LogP contribution is -2.51. The van der Waals surface area contributed by atoms with E-state index in [-0.39, 0.29) is 17.8 Å². The summed E-state index contributed by atoms with van der Waals surface area (Å²) in [6.07, 6.45) is 0.930. The molecule has 0 spiro atoms. The number of carbonyl (C=O) groups is 1. The van der Waals surface area contributed by atoms with Crippen molar-refractivity contribution in [1.82, 2.24) is 4.90 Å². The van der Waals surface area contributed by atoms with E-state index in [1.807, 2.05) is 20.8 Å². The van der Waals surface area contributed by atoms with Crippen LogP contribution < -0.4 is 5.73 Å². The fraction of sp³-hybridized carbons (Fsp3) is 0.833. The lowest BCUT2D eigenvalue weighted by atomic mass is 10.0. The Morgan fingerprint density at radius 2 is 2.11 bits per heavy atom. The van der Waals surface area contributed by atoms with Crippen LogP contribution in [0.5, 0.6) is 0 Å². The molecule has 18 heavy (non-hydrogen) atoms. The predicted octanol–water partition coefficient (Wildman–Crippen LogP) is 1.17. The molecule has 0 bridgehead atoms. The van der Waals surface area contributed by atoms with E-state index >= 15 is 0 Å². The van der Waals surface area contributed by atoms with E-state index in [0.29, 0.717) is 19.4 Å². The second-order valence-corrected chi connectivity index (χ2v) is 4.72. The highest BCUT2D eigenvalue weighted by atomic mass is 16.5. The van der Waals surface area contributed by atoms with Crippen LogP contribution in [-0.2, 0) is 9.53 Å². The largest absolute Gasteiger partial charge is 0.409 e. The monoisotopic (exact) mass is 259 g/mol. The first kappa shape index (κ1) is 16.7. The van der Waals surface area contributed by atoms with Gasteiger partial charge in [-0.05, 0) is 27.2 Å². The molecule has 0 radical (unpaired) electrons. The Balaban J connectivity index is 4.85. The summed E-state index contributed by atoms with van der Waals surface area (Å²) in [7, 11) is 1.53. The number of methoxy groups -OCH3 is 1. The van der Waals surface area contributed by atoms with Crippen molar-refractivity contribution in [2.45, 2.75) is 52.2 Å². The van der Waals surface area contributed by atoms with Crippen molar-refractivity contribution >= 4 is 11.7 Å². The van der Waals surface area contributed by atoms with Gasteiger partial charge in [0.15, 0.2) is 0 Å². The number of rotatable bonds is 7. The molecule has 3 N–H and O–H groups in total. The molecule has 0 saturated carbocycles. The van der Waals surface area contributed by atoms with E-state index in [1.54, 1.807) is 11.8 Å². The van der Waals surface area contributed by atoms with E-state index in [2.05, 4.69) is 5.16 Å². The molecule has 0 aliphatic rings. The first-order valence-corrected chi connectivity index (χ1v) is 6.15. The van der Waals surface area contributed by atoms with Gasteiger partial charge in [-0.1, -0.05) is 12.1 Å². The Bertz CT molecular complexity index is 299. The van der Waals surface area contributed by atoms with Gasteiger partial charge >= 0.3 is 0 Å². The highest BCUT2D eigenvalue weighted by Gasteiger charge is 2.35. The van der Waals surface area contributed by atoms with E-state index in [1.165, 1.54) is 7.11 Å². The Morgan fingerprint density at radius 3 is 2.44 bits per heavy atom.